The molecule has 1 saturated carbocycles. The lowest BCUT2D eigenvalue weighted by atomic mass is 9.90. The second kappa shape index (κ2) is 7.30. The Morgan fingerprint density at radius 1 is 1.12 bits per heavy atom. The molecule has 0 bridgehead atoms. The standard InChI is InChI=1S/C20H33N3O/c1-14-13-19(16(3)23(14)18-7-5-4-6-8-18)20(24)22-11-9-17(10-12-22)15(2)21/h13,15,17-18H,4-12,21H2,1-3H3. The number of amides is 1. The Labute approximate surface area is 146 Å². The van der Waals surface area contributed by atoms with Crippen molar-refractivity contribution >= 4 is 5.91 Å². The second-order valence-electron chi connectivity index (χ2n) is 7.94. The van der Waals surface area contributed by atoms with Gasteiger partial charge in [-0.1, -0.05) is 19.3 Å². The van der Waals surface area contributed by atoms with Gasteiger partial charge in [0, 0.05) is 36.6 Å². The van der Waals surface area contributed by atoms with E-state index in [4.69, 9.17) is 5.73 Å². The van der Waals surface area contributed by atoms with Crippen molar-refractivity contribution in [1.82, 2.24) is 9.47 Å². The first-order valence-electron chi connectivity index (χ1n) is 9.72. The van der Waals surface area contributed by atoms with E-state index in [2.05, 4.69) is 31.4 Å². The van der Waals surface area contributed by atoms with E-state index in [9.17, 15) is 4.79 Å². The molecular formula is C20H33N3O. The van der Waals surface area contributed by atoms with Gasteiger partial charge in [0.2, 0.25) is 0 Å². The molecule has 134 valence electrons. The van der Waals surface area contributed by atoms with Gasteiger partial charge in [0.05, 0.1) is 5.56 Å². The molecule has 1 saturated heterocycles. The van der Waals surface area contributed by atoms with Gasteiger partial charge in [0.25, 0.3) is 5.91 Å². The molecule has 1 aliphatic carbocycles. The van der Waals surface area contributed by atoms with Gasteiger partial charge >= 0.3 is 0 Å². The molecular weight excluding hydrogens is 298 g/mol. The Hall–Kier alpha value is -1.29. The maximum atomic E-state index is 13.0. The molecule has 0 radical (unpaired) electrons. The minimum absolute atomic E-state index is 0.216. The van der Waals surface area contributed by atoms with Gasteiger partial charge in [-0.05, 0) is 58.4 Å². The van der Waals surface area contributed by atoms with Crippen LogP contribution in [0.15, 0.2) is 6.07 Å². The summed E-state index contributed by atoms with van der Waals surface area (Å²) in [7, 11) is 0. The lowest BCUT2D eigenvalue weighted by Gasteiger charge is -2.34. The number of piperidine rings is 1. The van der Waals surface area contributed by atoms with Crippen LogP contribution in [0.4, 0.5) is 0 Å². The molecule has 0 aromatic carbocycles. The zero-order valence-electron chi connectivity index (χ0n) is 15.6. The summed E-state index contributed by atoms with van der Waals surface area (Å²) in [6.45, 7) is 8.06. The predicted octanol–water partition coefficient (Wildman–Crippen LogP) is 3.81. The highest BCUT2D eigenvalue weighted by molar-refractivity contribution is 5.95. The molecule has 1 amide bonds. The van der Waals surface area contributed by atoms with Crippen LogP contribution in [0.1, 0.15) is 79.7 Å². The van der Waals surface area contributed by atoms with Crippen molar-refractivity contribution in [3.63, 3.8) is 0 Å². The minimum Gasteiger partial charge on any atom is -0.345 e. The van der Waals surface area contributed by atoms with Crippen LogP contribution >= 0.6 is 0 Å². The number of carbonyl (C=O) groups is 1. The summed E-state index contributed by atoms with van der Waals surface area (Å²) < 4.78 is 2.43. The average molecular weight is 332 g/mol. The maximum Gasteiger partial charge on any atom is 0.255 e. The average Bonchev–Trinajstić information content (AvgIpc) is 2.89. The summed E-state index contributed by atoms with van der Waals surface area (Å²) in [5.74, 6) is 0.775. The largest absolute Gasteiger partial charge is 0.345 e. The van der Waals surface area contributed by atoms with Crippen LogP contribution in [0.25, 0.3) is 0 Å². The molecule has 2 aliphatic rings. The van der Waals surface area contributed by atoms with E-state index in [1.807, 2.05) is 4.90 Å². The van der Waals surface area contributed by atoms with Gasteiger partial charge in [-0.15, -0.1) is 0 Å². The zero-order chi connectivity index (χ0) is 17.3. The quantitative estimate of drug-likeness (QED) is 0.915. The van der Waals surface area contributed by atoms with Gasteiger partial charge in [-0.2, -0.15) is 0 Å². The highest BCUT2D eigenvalue weighted by Crippen LogP contribution is 2.33. The Bertz CT molecular complexity index is 576. The van der Waals surface area contributed by atoms with Gasteiger partial charge in [0.15, 0.2) is 0 Å². The Morgan fingerprint density at radius 3 is 2.33 bits per heavy atom. The lowest BCUT2D eigenvalue weighted by Crippen LogP contribution is -2.42. The summed E-state index contributed by atoms with van der Waals surface area (Å²) in [4.78, 5) is 15.1. The summed E-state index contributed by atoms with van der Waals surface area (Å²) in [6.07, 6.45) is 8.56. The smallest absolute Gasteiger partial charge is 0.255 e. The normalized spacial score (nSPS) is 21.9. The number of aromatic nitrogens is 1. The first kappa shape index (κ1) is 17.5. The number of carbonyl (C=O) groups excluding carboxylic acids is 1. The molecule has 1 aromatic rings. The van der Waals surface area contributed by atoms with Gasteiger partial charge < -0.3 is 15.2 Å². The van der Waals surface area contributed by atoms with E-state index in [-0.39, 0.29) is 11.9 Å². The molecule has 1 unspecified atom stereocenters. The van der Waals surface area contributed by atoms with Crippen LogP contribution in [0, 0.1) is 19.8 Å². The molecule has 4 heteroatoms. The Balaban J connectivity index is 1.74. The topological polar surface area (TPSA) is 51.3 Å². The minimum atomic E-state index is 0.216. The monoisotopic (exact) mass is 331 g/mol. The van der Waals surface area contributed by atoms with Crippen LogP contribution in [0.5, 0.6) is 0 Å². The number of rotatable bonds is 3. The van der Waals surface area contributed by atoms with E-state index in [0.29, 0.717) is 12.0 Å². The molecule has 3 rings (SSSR count). The van der Waals surface area contributed by atoms with Crippen LogP contribution < -0.4 is 5.73 Å². The second-order valence-corrected chi connectivity index (χ2v) is 7.94. The number of likely N-dealkylation sites (tertiary alicyclic amines) is 1. The first-order valence-corrected chi connectivity index (χ1v) is 9.72. The number of nitrogens with zero attached hydrogens (tertiary/aromatic N) is 2. The Morgan fingerprint density at radius 2 is 1.75 bits per heavy atom. The van der Waals surface area contributed by atoms with Crippen molar-refractivity contribution in [2.24, 2.45) is 11.7 Å². The molecule has 2 fully saturated rings. The predicted molar refractivity (Wildman–Crippen MR) is 98.3 cm³/mol. The van der Waals surface area contributed by atoms with Gasteiger partial charge in [-0.25, -0.2) is 0 Å². The fraction of sp³-hybridized carbons (Fsp3) is 0.750. The van der Waals surface area contributed by atoms with Crippen LogP contribution in [-0.2, 0) is 0 Å². The molecule has 1 aliphatic heterocycles. The summed E-state index contributed by atoms with van der Waals surface area (Å²) in [5.41, 5.74) is 9.35. The van der Waals surface area contributed by atoms with Crippen LogP contribution in [-0.4, -0.2) is 34.5 Å². The fourth-order valence-corrected chi connectivity index (χ4v) is 4.69. The number of hydrogen-bond donors (Lipinski definition) is 1. The summed E-state index contributed by atoms with van der Waals surface area (Å²) in [6, 6.07) is 2.94. The first-order chi connectivity index (χ1) is 11.5. The SMILES string of the molecule is Cc1cc(C(=O)N2CCC(C(C)N)CC2)c(C)n1C1CCCCC1. The molecule has 4 nitrogen and oxygen atoms in total. The van der Waals surface area contributed by atoms with Gasteiger partial charge in [0.1, 0.15) is 0 Å². The third-order valence-corrected chi connectivity index (χ3v) is 6.23. The number of aryl methyl sites for hydroxylation is 1. The van der Waals surface area contributed by atoms with Gasteiger partial charge in [-0.3, -0.25) is 4.79 Å². The third kappa shape index (κ3) is 3.39. The molecule has 0 spiro atoms. The zero-order valence-corrected chi connectivity index (χ0v) is 15.6. The highest BCUT2D eigenvalue weighted by atomic mass is 16.2. The number of hydrogen-bond acceptors (Lipinski definition) is 2. The van der Waals surface area contributed by atoms with Crippen molar-refractivity contribution < 1.29 is 4.79 Å². The molecule has 1 aromatic heterocycles. The van der Waals surface area contributed by atoms with E-state index < -0.39 is 0 Å². The van der Waals surface area contributed by atoms with Crippen molar-refractivity contribution in [2.45, 2.75) is 77.8 Å². The van der Waals surface area contributed by atoms with Crippen molar-refractivity contribution in [1.29, 1.82) is 0 Å². The fourth-order valence-electron chi connectivity index (χ4n) is 4.69. The van der Waals surface area contributed by atoms with Crippen molar-refractivity contribution in [2.75, 3.05) is 13.1 Å². The summed E-state index contributed by atoms with van der Waals surface area (Å²) in [5, 5.41) is 0. The van der Waals surface area contributed by atoms with E-state index in [0.717, 1.165) is 31.5 Å². The van der Waals surface area contributed by atoms with E-state index in [1.165, 1.54) is 43.5 Å². The third-order valence-electron chi connectivity index (χ3n) is 6.23. The highest BCUT2D eigenvalue weighted by Gasteiger charge is 2.28. The van der Waals surface area contributed by atoms with E-state index >= 15 is 0 Å². The summed E-state index contributed by atoms with van der Waals surface area (Å²) >= 11 is 0. The molecule has 2 N–H and O–H groups in total. The molecule has 24 heavy (non-hydrogen) atoms. The van der Waals surface area contributed by atoms with Crippen LogP contribution in [0.2, 0.25) is 0 Å². The maximum absolute atomic E-state index is 13.0. The molecule has 1 atom stereocenters. The van der Waals surface area contributed by atoms with E-state index in [1.54, 1.807) is 0 Å². The number of nitrogens with two attached hydrogens (primary N) is 1. The van der Waals surface area contributed by atoms with Crippen molar-refractivity contribution in [3.05, 3.63) is 23.0 Å². The molecule has 2 heterocycles. The Kier molecular flexibility index (Phi) is 5.33. The lowest BCUT2D eigenvalue weighted by molar-refractivity contribution is 0.0680. The van der Waals surface area contributed by atoms with Crippen LogP contribution in [0.3, 0.4) is 0 Å². The van der Waals surface area contributed by atoms with Crippen molar-refractivity contribution in [3.8, 4) is 0 Å².